The van der Waals surface area contributed by atoms with Crippen molar-refractivity contribution in [3.8, 4) is 16.6 Å². The van der Waals surface area contributed by atoms with Gasteiger partial charge in [0, 0.05) is 17.8 Å². The molecule has 0 fully saturated rings. The summed E-state index contributed by atoms with van der Waals surface area (Å²) in [4.78, 5) is 27.3. The fraction of sp³-hybridized carbons (Fsp3) is 0.176. The monoisotopic (exact) mass is 338 g/mol. The number of para-hydroxylation sites is 2. The van der Waals surface area contributed by atoms with Gasteiger partial charge in [-0.25, -0.2) is 15.0 Å². The Balaban J connectivity index is 1.53. The number of aromatic nitrogens is 3. The van der Waals surface area contributed by atoms with Crippen LogP contribution >= 0.6 is 11.3 Å². The lowest BCUT2D eigenvalue weighted by Crippen LogP contribution is -2.38. The predicted octanol–water partition coefficient (Wildman–Crippen LogP) is 2.57. The van der Waals surface area contributed by atoms with E-state index in [2.05, 4.69) is 15.0 Å². The van der Waals surface area contributed by atoms with Crippen LogP contribution in [0.15, 0.2) is 48.1 Å². The second-order valence-corrected chi connectivity index (χ2v) is 6.11. The molecule has 0 unspecified atom stereocenters. The molecule has 3 aromatic rings. The van der Waals surface area contributed by atoms with Gasteiger partial charge in [0.2, 0.25) is 5.91 Å². The van der Waals surface area contributed by atoms with Crippen molar-refractivity contribution in [3.05, 3.63) is 53.8 Å². The van der Waals surface area contributed by atoms with Crippen LogP contribution in [0.1, 0.15) is 5.69 Å². The van der Waals surface area contributed by atoms with Gasteiger partial charge in [0.15, 0.2) is 10.8 Å². The number of benzene rings is 1. The van der Waals surface area contributed by atoms with Crippen molar-refractivity contribution in [1.29, 1.82) is 0 Å². The van der Waals surface area contributed by atoms with Crippen molar-refractivity contribution in [2.24, 2.45) is 0 Å². The van der Waals surface area contributed by atoms with E-state index in [0.717, 1.165) is 22.1 Å². The van der Waals surface area contributed by atoms with E-state index in [0.29, 0.717) is 19.0 Å². The van der Waals surface area contributed by atoms with Gasteiger partial charge in [-0.05, 0) is 18.2 Å². The summed E-state index contributed by atoms with van der Waals surface area (Å²) in [6, 6.07) is 9.34. The van der Waals surface area contributed by atoms with E-state index in [4.69, 9.17) is 4.74 Å². The lowest BCUT2D eigenvalue weighted by molar-refractivity contribution is -0.118. The number of amides is 1. The Kier molecular flexibility index (Phi) is 3.92. The maximum absolute atomic E-state index is 12.7. The molecule has 1 aliphatic rings. The topological polar surface area (TPSA) is 68.2 Å². The molecular weight excluding hydrogens is 324 g/mol. The highest BCUT2D eigenvalue weighted by molar-refractivity contribution is 7.13. The summed E-state index contributed by atoms with van der Waals surface area (Å²) in [6.07, 6.45) is 3.61. The molecular formula is C17H14N4O2S. The van der Waals surface area contributed by atoms with E-state index in [1.807, 2.05) is 29.6 Å². The SMILES string of the molecule is O=C(Cc1csc(-c2ncccn2)n1)N1CCOc2ccccc21. The van der Waals surface area contributed by atoms with Crippen LogP contribution in [0.2, 0.25) is 0 Å². The van der Waals surface area contributed by atoms with Crippen molar-refractivity contribution in [2.45, 2.75) is 6.42 Å². The highest BCUT2D eigenvalue weighted by atomic mass is 32.1. The molecule has 0 spiro atoms. The Morgan fingerprint density at radius 3 is 2.92 bits per heavy atom. The fourth-order valence-corrected chi connectivity index (χ4v) is 3.34. The largest absolute Gasteiger partial charge is 0.490 e. The zero-order chi connectivity index (χ0) is 16.4. The summed E-state index contributed by atoms with van der Waals surface area (Å²) in [5.74, 6) is 1.34. The second kappa shape index (κ2) is 6.37. The van der Waals surface area contributed by atoms with Crippen LogP contribution in [-0.4, -0.2) is 34.0 Å². The average molecular weight is 338 g/mol. The first-order chi connectivity index (χ1) is 11.8. The number of hydrogen-bond donors (Lipinski definition) is 0. The molecule has 0 aliphatic carbocycles. The van der Waals surface area contributed by atoms with Gasteiger partial charge in [0.1, 0.15) is 12.4 Å². The molecule has 0 saturated heterocycles. The molecule has 0 N–H and O–H groups in total. The second-order valence-electron chi connectivity index (χ2n) is 5.25. The third-order valence-electron chi connectivity index (χ3n) is 3.67. The number of rotatable bonds is 3. The number of ether oxygens (including phenoxy) is 1. The van der Waals surface area contributed by atoms with E-state index < -0.39 is 0 Å². The lowest BCUT2D eigenvalue weighted by atomic mass is 10.2. The van der Waals surface area contributed by atoms with Crippen molar-refractivity contribution in [1.82, 2.24) is 15.0 Å². The summed E-state index contributed by atoms with van der Waals surface area (Å²) in [6.45, 7) is 1.05. The third kappa shape index (κ3) is 2.85. The van der Waals surface area contributed by atoms with Gasteiger partial charge in [-0.15, -0.1) is 11.3 Å². The van der Waals surface area contributed by atoms with Gasteiger partial charge >= 0.3 is 0 Å². The smallest absolute Gasteiger partial charge is 0.233 e. The van der Waals surface area contributed by atoms with Crippen LogP contribution in [0.4, 0.5) is 5.69 Å². The van der Waals surface area contributed by atoms with Crippen molar-refractivity contribution >= 4 is 22.9 Å². The molecule has 3 heterocycles. The van der Waals surface area contributed by atoms with Crippen LogP contribution in [0.5, 0.6) is 5.75 Å². The molecule has 7 heteroatoms. The van der Waals surface area contributed by atoms with Gasteiger partial charge in [-0.1, -0.05) is 12.1 Å². The van der Waals surface area contributed by atoms with Crippen molar-refractivity contribution in [2.75, 3.05) is 18.1 Å². The number of carbonyl (C=O) groups is 1. The minimum atomic E-state index is 0.0107. The van der Waals surface area contributed by atoms with Crippen molar-refractivity contribution < 1.29 is 9.53 Å². The van der Waals surface area contributed by atoms with Crippen LogP contribution in [0.3, 0.4) is 0 Å². The predicted molar refractivity (Wildman–Crippen MR) is 91.1 cm³/mol. The van der Waals surface area contributed by atoms with Crippen LogP contribution in [0, 0.1) is 0 Å². The van der Waals surface area contributed by atoms with E-state index >= 15 is 0 Å². The van der Waals surface area contributed by atoms with Crippen molar-refractivity contribution in [3.63, 3.8) is 0 Å². The molecule has 4 rings (SSSR count). The number of fused-ring (bicyclic) bond motifs is 1. The molecule has 1 aliphatic heterocycles. The van der Waals surface area contributed by atoms with Crippen LogP contribution < -0.4 is 9.64 Å². The zero-order valence-corrected chi connectivity index (χ0v) is 13.6. The summed E-state index contributed by atoms with van der Waals surface area (Å²) >= 11 is 1.45. The number of carbonyl (C=O) groups excluding carboxylic acids is 1. The van der Waals surface area contributed by atoms with Gasteiger partial charge in [0.05, 0.1) is 24.3 Å². The number of hydrogen-bond acceptors (Lipinski definition) is 6. The first-order valence-corrected chi connectivity index (χ1v) is 8.43. The quantitative estimate of drug-likeness (QED) is 0.734. The number of nitrogens with zero attached hydrogens (tertiary/aromatic N) is 4. The Morgan fingerprint density at radius 2 is 2.04 bits per heavy atom. The minimum absolute atomic E-state index is 0.0107. The minimum Gasteiger partial charge on any atom is -0.490 e. The summed E-state index contributed by atoms with van der Waals surface area (Å²) in [7, 11) is 0. The van der Waals surface area contributed by atoms with E-state index in [-0.39, 0.29) is 12.3 Å². The molecule has 1 amide bonds. The third-order valence-corrected chi connectivity index (χ3v) is 4.56. The van der Waals surface area contributed by atoms with Gasteiger partial charge in [0.25, 0.3) is 0 Å². The van der Waals surface area contributed by atoms with Gasteiger partial charge < -0.3 is 9.64 Å². The maximum atomic E-state index is 12.7. The highest BCUT2D eigenvalue weighted by Gasteiger charge is 2.24. The first kappa shape index (κ1) is 14.8. The molecule has 1 aromatic carbocycles. The standard InChI is InChI=1S/C17H14N4O2S/c22-15(21-8-9-23-14-5-2-1-4-13(14)21)10-12-11-24-17(20-12)16-18-6-3-7-19-16/h1-7,11H,8-10H2. The summed E-state index contributed by atoms with van der Waals surface area (Å²) in [5.41, 5.74) is 1.55. The zero-order valence-electron chi connectivity index (χ0n) is 12.8. The summed E-state index contributed by atoms with van der Waals surface area (Å²) in [5, 5.41) is 2.61. The first-order valence-electron chi connectivity index (χ1n) is 7.55. The molecule has 0 atom stereocenters. The Morgan fingerprint density at radius 1 is 1.21 bits per heavy atom. The van der Waals surface area contributed by atoms with E-state index in [1.54, 1.807) is 23.4 Å². The van der Waals surface area contributed by atoms with Crippen LogP contribution in [0.25, 0.3) is 10.8 Å². The average Bonchev–Trinajstić information content (AvgIpc) is 3.10. The molecule has 0 saturated carbocycles. The van der Waals surface area contributed by atoms with Gasteiger partial charge in [-0.2, -0.15) is 0 Å². The molecule has 0 bridgehead atoms. The molecule has 6 nitrogen and oxygen atoms in total. The van der Waals surface area contributed by atoms with E-state index in [9.17, 15) is 4.79 Å². The van der Waals surface area contributed by atoms with Crippen LogP contribution in [-0.2, 0) is 11.2 Å². The van der Waals surface area contributed by atoms with E-state index in [1.165, 1.54) is 11.3 Å². The Labute approximate surface area is 142 Å². The fourth-order valence-electron chi connectivity index (χ4n) is 2.58. The Hall–Kier alpha value is -2.80. The molecule has 24 heavy (non-hydrogen) atoms. The maximum Gasteiger partial charge on any atom is 0.233 e. The molecule has 0 radical (unpaired) electrons. The summed E-state index contributed by atoms with van der Waals surface area (Å²) < 4.78 is 5.59. The number of thiazole rings is 1. The molecule has 120 valence electrons. The van der Waals surface area contributed by atoms with Gasteiger partial charge in [-0.3, -0.25) is 4.79 Å². The lowest BCUT2D eigenvalue weighted by Gasteiger charge is -2.29. The molecule has 2 aromatic heterocycles. The normalized spacial score (nSPS) is 13.2. The number of anilines is 1. The highest BCUT2D eigenvalue weighted by Crippen LogP contribution is 2.31. The Bertz CT molecular complexity index is 866.